The molecule has 0 radical (unpaired) electrons. The van der Waals surface area contributed by atoms with Crippen LogP contribution in [0.1, 0.15) is 43.0 Å². The molecule has 5 rings (SSSR count). The van der Waals surface area contributed by atoms with Crippen LogP contribution in [0.5, 0.6) is 0 Å². The van der Waals surface area contributed by atoms with Crippen LogP contribution in [0.2, 0.25) is 0 Å². The van der Waals surface area contributed by atoms with E-state index in [0.717, 1.165) is 44.6 Å². The molecule has 2 saturated heterocycles. The second-order valence-electron chi connectivity index (χ2n) is 9.83. The first-order valence-electron chi connectivity index (χ1n) is 12.8. The Morgan fingerprint density at radius 1 is 1.06 bits per heavy atom. The van der Waals surface area contributed by atoms with Crippen molar-refractivity contribution in [2.75, 3.05) is 39.3 Å². The number of nitrogens with one attached hydrogen (secondary N) is 1. The molecule has 3 aromatic rings. The summed E-state index contributed by atoms with van der Waals surface area (Å²) in [7, 11) is 0. The number of carbonyl (C=O) groups excluding carboxylic acids is 2. The van der Waals surface area contributed by atoms with Crippen molar-refractivity contribution in [2.24, 2.45) is 11.8 Å². The minimum absolute atomic E-state index is 0.0114. The summed E-state index contributed by atoms with van der Waals surface area (Å²) in [6.07, 6.45) is 4.22. The van der Waals surface area contributed by atoms with Crippen LogP contribution in [-0.2, 0) is 4.79 Å². The van der Waals surface area contributed by atoms with Crippen LogP contribution < -0.4 is 5.32 Å². The third kappa shape index (κ3) is 5.40. The minimum Gasteiger partial charge on any atom is -0.436 e. The SMILES string of the molecule is C[C@@H](C(=O)NCCN1CCCC1)C1CCN(C(=O)c2ccc3oc(-c4ccccc4)nc3c2)CC1. The highest BCUT2D eigenvalue weighted by molar-refractivity contribution is 5.97. The molecule has 1 N–H and O–H groups in total. The van der Waals surface area contributed by atoms with Crippen molar-refractivity contribution >= 4 is 22.9 Å². The van der Waals surface area contributed by atoms with Crippen LogP contribution in [-0.4, -0.2) is 65.9 Å². The van der Waals surface area contributed by atoms with Gasteiger partial charge in [-0.25, -0.2) is 4.98 Å². The molecular formula is C28H34N4O3. The number of aromatic nitrogens is 1. The van der Waals surface area contributed by atoms with E-state index in [0.29, 0.717) is 41.6 Å². The van der Waals surface area contributed by atoms with Gasteiger partial charge in [0.2, 0.25) is 11.8 Å². The number of rotatable bonds is 7. The predicted molar refractivity (Wildman–Crippen MR) is 136 cm³/mol. The number of amides is 2. The molecule has 7 heteroatoms. The Hall–Kier alpha value is -3.19. The van der Waals surface area contributed by atoms with E-state index < -0.39 is 0 Å². The van der Waals surface area contributed by atoms with Gasteiger partial charge in [-0.15, -0.1) is 0 Å². The van der Waals surface area contributed by atoms with Crippen LogP contribution in [0, 0.1) is 11.8 Å². The zero-order valence-electron chi connectivity index (χ0n) is 20.4. The van der Waals surface area contributed by atoms with Gasteiger partial charge < -0.3 is 19.5 Å². The Bertz CT molecular complexity index is 1160. The Balaban J connectivity index is 1.14. The largest absolute Gasteiger partial charge is 0.436 e. The zero-order valence-corrected chi connectivity index (χ0v) is 20.4. The van der Waals surface area contributed by atoms with E-state index in [1.807, 2.05) is 60.4 Å². The van der Waals surface area contributed by atoms with E-state index in [-0.39, 0.29) is 17.7 Å². The number of carbonyl (C=O) groups is 2. The number of benzene rings is 2. The second-order valence-corrected chi connectivity index (χ2v) is 9.83. The molecule has 1 atom stereocenters. The lowest BCUT2D eigenvalue weighted by molar-refractivity contribution is -0.126. The highest BCUT2D eigenvalue weighted by Gasteiger charge is 2.30. The van der Waals surface area contributed by atoms with Crippen molar-refractivity contribution in [3.63, 3.8) is 0 Å². The van der Waals surface area contributed by atoms with Gasteiger partial charge in [0.15, 0.2) is 5.58 Å². The number of piperidine rings is 1. The van der Waals surface area contributed by atoms with Crippen molar-refractivity contribution in [1.29, 1.82) is 0 Å². The molecular weight excluding hydrogens is 440 g/mol. The van der Waals surface area contributed by atoms with Gasteiger partial charge in [-0.2, -0.15) is 0 Å². The molecule has 7 nitrogen and oxygen atoms in total. The standard InChI is InChI=1S/C28H34N4O3/c1-20(26(33)29-13-18-31-14-5-6-15-31)21-11-16-32(17-12-21)28(34)23-9-10-25-24(19-23)30-27(35-25)22-7-3-2-4-8-22/h2-4,7-10,19-21H,5-6,11-18H2,1H3,(H,29,33)/t20-/m1/s1. The third-order valence-electron chi connectivity index (χ3n) is 7.53. The quantitative estimate of drug-likeness (QED) is 0.555. The molecule has 0 aliphatic carbocycles. The molecule has 35 heavy (non-hydrogen) atoms. The van der Waals surface area contributed by atoms with Gasteiger partial charge in [0.05, 0.1) is 0 Å². The summed E-state index contributed by atoms with van der Waals surface area (Å²) in [5, 5.41) is 3.12. The van der Waals surface area contributed by atoms with E-state index in [9.17, 15) is 9.59 Å². The lowest BCUT2D eigenvalue weighted by Crippen LogP contribution is -2.43. The van der Waals surface area contributed by atoms with Crippen molar-refractivity contribution in [1.82, 2.24) is 20.1 Å². The van der Waals surface area contributed by atoms with Gasteiger partial charge >= 0.3 is 0 Å². The van der Waals surface area contributed by atoms with Crippen molar-refractivity contribution in [3.05, 3.63) is 54.1 Å². The predicted octanol–water partition coefficient (Wildman–Crippen LogP) is 4.20. The van der Waals surface area contributed by atoms with Gasteiger partial charge in [0.25, 0.3) is 5.91 Å². The summed E-state index contributed by atoms with van der Waals surface area (Å²) in [6.45, 7) is 7.31. The molecule has 0 unspecified atom stereocenters. The lowest BCUT2D eigenvalue weighted by Gasteiger charge is -2.34. The molecule has 0 spiro atoms. The van der Waals surface area contributed by atoms with Gasteiger partial charge in [-0.1, -0.05) is 25.1 Å². The number of likely N-dealkylation sites (tertiary alicyclic amines) is 2. The summed E-state index contributed by atoms with van der Waals surface area (Å²) in [4.78, 5) is 34.7. The minimum atomic E-state index is -0.0336. The zero-order chi connectivity index (χ0) is 24.2. The van der Waals surface area contributed by atoms with E-state index in [1.54, 1.807) is 0 Å². The maximum Gasteiger partial charge on any atom is 0.253 e. The van der Waals surface area contributed by atoms with Crippen molar-refractivity contribution in [3.8, 4) is 11.5 Å². The molecule has 2 aliphatic rings. The van der Waals surface area contributed by atoms with Gasteiger partial charge in [0, 0.05) is 43.2 Å². The number of nitrogens with zero attached hydrogens (tertiary/aromatic N) is 3. The molecule has 184 valence electrons. The van der Waals surface area contributed by atoms with E-state index >= 15 is 0 Å². The monoisotopic (exact) mass is 474 g/mol. The number of hydrogen-bond acceptors (Lipinski definition) is 5. The number of hydrogen-bond donors (Lipinski definition) is 1. The van der Waals surface area contributed by atoms with Crippen molar-refractivity contribution in [2.45, 2.75) is 32.6 Å². The fraction of sp³-hybridized carbons (Fsp3) is 0.464. The van der Waals surface area contributed by atoms with Gasteiger partial charge in [-0.3, -0.25) is 9.59 Å². The first kappa shape index (κ1) is 23.5. The van der Waals surface area contributed by atoms with Crippen LogP contribution >= 0.6 is 0 Å². The highest BCUT2D eigenvalue weighted by atomic mass is 16.3. The van der Waals surface area contributed by atoms with Crippen LogP contribution in [0.4, 0.5) is 0 Å². The number of fused-ring (bicyclic) bond motifs is 1. The lowest BCUT2D eigenvalue weighted by atomic mass is 9.84. The molecule has 2 fully saturated rings. The molecule has 1 aromatic heterocycles. The summed E-state index contributed by atoms with van der Waals surface area (Å²) in [5.41, 5.74) is 2.89. The molecule has 2 amide bonds. The molecule has 2 aliphatic heterocycles. The normalized spacial score (nSPS) is 18.1. The Labute approximate surface area is 206 Å². The van der Waals surface area contributed by atoms with E-state index in [1.165, 1.54) is 12.8 Å². The van der Waals surface area contributed by atoms with Gasteiger partial charge in [0.1, 0.15) is 5.52 Å². The molecule has 2 aromatic carbocycles. The Morgan fingerprint density at radius 3 is 2.54 bits per heavy atom. The highest BCUT2D eigenvalue weighted by Crippen LogP contribution is 2.28. The summed E-state index contributed by atoms with van der Waals surface area (Å²) in [6, 6.07) is 15.2. The average Bonchev–Trinajstić information content (AvgIpc) is 3.58. The van der Waals surface area contributed by atoms with E-state index in [2.05, 4.69) is 15.2 Å². The van der Waals surface area contributed by atoms with E-state index in [4.69, 9.17) is 4.42 Å². The maximum absolute atomic E-state index is 13.2. The third-order valence-corrected chi connectivity index (χ3v) is 7.53. The Kier molecular flexibility index (Phi) is 7.13. The average molecular weight is 475 g/mol. The first-order valence-corrected chi connectivity index (χ1v) is 12.8. The summed E-state index contributed by atoms with van der Waals surface area (Å²) in [5.74, 6) is 0.974. The van der Waals surface area contributed by atoms with Gasteiger partial charge in [-0.05, 0) is 75.0 Å². The number of oxazole rings is 1. The fourth-order valence-corrected chi connectivity index (χ4v) is 5.27. The first-order chi connectivity index (χ1) is 17.1. The fourth-order valence-electron chi connectivity index (χ4n) is 5.27. The topological polar surface area (TPSA) is 78.7 Å². The van der Waals surface area contributed by atoms with Crippen LogP contribution in [0.3, 0.4) is 0 Å². The Morgan fingerprint density at radius 2 is 1.80 bits per heavy atom. The van der Waals surface area contributed by atoms with Crippen molar-refractivity contribution < 1.29 is 14.0 Å². The summed E-state index contributed by atoms with van der Waals surface area (Å²) >= 11 is 0. The molecule has 0 bridgehead atoms. The van der Waals surface area contributed by atoms with Crippen LogP contribution in [0.15, 0.2) is 52.9 Å². The second kappa shape index (κ2) is 10.6. The summed E-state index contributed by atoms with van der Waals surface area (Å²) < 4.78 is 5.88. The maximum atomic E-state index is 13.2. The van der Waals surface area contributed by atoms with Crippen LogP contribution in [0.25, 0.3) is 22.6 Å². The molecule has 3 heterocycles. The molecule has 0 saturated carbocycles. The smallest absolute Gasteiger partial charge is 0.253 e.